The summed E-state index contributed by atoms with van der Waals surface area (Å²) in [6, 6.07) is 6.76. The lowest BCUT2D eigenvalue weighted by Crippen LogP contribution is -2.22. The molecule has 0 radical (unpaired) electrons. The van der Waals surface area contributed by atoms with Crippen molar-refractivity contribution in [2.45, 2.75) is 74.4 Å². The number of esters is 1. The fourth-order valence-electron chi connectivity index (χ4n) is 3.38. The lowest BCUT2D eigenvalue weighted by atomic mass is 9.98. The highest BCUT2D eigenvalue weighted by Gasteiger charge is 2.22. The molecule has 2 aromatic rings. The van der Waals surface area contributed by atoms with Crippen LogP contribution in [0.3, 0.4) is 0 Å². The second kappa shape index (κ2) is 9.75. The Labute approximate surface area is 176 Å². The number of ether oxygens (including phenoxy) is 1. The van der Waals surface area contributed by atoms with Crippen LogP contribution in [0.4, 0.5) is 0 Å². The molecule has 0 unspecified atom stereocenters. The summed E-state index contributed by atoms with van der Waals surface area (Å²) in [5.74, 6) is 0.0150. The zero-order chi connectivity index (χ0) is 20.9. The maximum atomic E-state index is 12.7. The summed E-state index contributed by atoms with van der Waals surface area (Å²) < 4.78 is 32.7. The van der Waals surface area contributed by atoms with Crippen LogP contribution in [0.15, 0.2) is 34.3 Å². The van der Waals surface area contributed by atoms with E-state index in [1.165, 1.54) is 18.2 Å². The zero-order valence-corrected chi connectivity index (χ0v) is 18.5. The van der Waals surface area contributed by atoms with Crippen LogP contribution in [-0.2, 0) is 31.7 Å². The minimum atomic E-state index is -3.52. The van der Waals surface area contributed by atoms with Crippen LogP contribution in [0.25, 0.3) is 0 Å². The predicted octanol–water partition coefficient (Wildman–Crippen LogP) is 3.55. The molecule has 158 valence electrons. The number of aryl methyl sites for hydroxylation is 1. The molecule has 1 heterocycles. The summed E-state index contributed by atoms with van der Waals surface area (Å²) in [5.41, 5.74) is 1.000. The molecule has 9 heteroatoms. The van der Waals surface area contributed by atoms with E-state index in [0.29, 0.717) is 17.5 Å². The molecule has 29 heavy (non-hydrogen) atoms. The summed E-state index contributed by atoms with van der Waals surface area (Å²) in [4.78, 5) is 12.4. The Kier molecular flexibility index (Phi) is 7.34. The van der Waals surface area contributed by atoms with Crippen molar-refractivity contribution in [2.75, 3.05) is 5.75 Å². The molecule has 0 aliphatic heterocycles. The van der Waals surface area contributed by atoms with E-state index in [9.17, 15) is 13.2 Å². The van der Waals surface area contributed by atoms with Gasteiger partial charge in [-0.1, -0.05) is 35.9 Å². The van der Waals surface area contributed by atoms with Crippen molar-refractivity contribution in [3.05, 3.63) is 35.7 Å². The number of thioether (sulfide) groups is 1. The molecule has 1 aliphatic rings. The summed E-state index contributed by atoms with van der Waals surface area (Å²) in [7, 11) is -3.52. The second-order valence-corrected chi connectivity index (χ2v) is 10.2. The van der Waals surface area contributed by atoms with E-state index in [2.05, 4.69) is 10.2 Å². The topological polar surface area (TPSA) is 91.1 Å². The van der Waals surface area contributed by atoms with Crippen LogP contribution in [0, 0.1) is 6.92 Å². The molecule has 0 atom stereocenters. The van der Waals surface area contributed by atoms with Gasteiger partial charge in [0, 0.05) is 6.54 Å². The van der Waals surface area contributed by atoms with Crippen LogP contribution in [0.1, 0.15) is 50.4 Å². The molecule has 1 aliphatic carbocycles. The number of hydrogen-bond acceptors (Lipinski definition) is 7. The highest BCUT2D eigenvalue weighted by atomic mass is 32.2. The lowest BCUT2D eigenvalue weighted by molar-refractivity contribution is -0.147. The average molecular weight is 438 g/mol. The third-order valence-corrected chi connectivity index (χ3v) is 7.55. The maximum Gasteiger partial charge on any atom is 0.316 e. The van der Waals surface area contributed by atoms with E-state index >= 15 is 0 Å². The van der Waals surface area contributed by atoms with Crippen LogP contribution in [0.5, 0.6) is 0 Å². The number of carbonyl (C=O) groups is 1. The Hall–Kier alpha value is -1.87. The first-order valence-electron chi connectivity index (χ1n) is 9.93. The molecule has 1 fully saturated rings. The van der Waals surface area contributed by atoms with Crippen molar-refractivity contribution < 1.29 is 17.9 Å². The Morgan fingerprint density at radius 3 is 2.52 bits per heavy atom. The van der Waals surface area contributed by atoms with Crippen LogP contribution in [0.2, 0.25) is 0 Å². The Morgan fingerprint density at radius 1 is 1.17 bits per heavy atom. The molecule has 1 aromatic heterocycles. The van der Waals surface area contributed by atoms with Gasteiger partial charge < -0.3 is 9.30 Å². The Bertz CT molecular complexity index is 933. The van der Waals surface area contributed by atoms with Gasteiger partial charge in [-0.3, -0.25) is 4.79 Å². The second-order valence-electron chi connectivity index (χ2n) is 7.25. The first kappa shape index (κ1) is 21.8. The average Bonchev–Trinajstić information content (AvgIpc) is 3.08. The third-order valence-electron chi connectivity index (χ3n) is 4.98. The van der Waals surface area contributed by atoms with Crippen LogP contribution in [-0.4, -0.2) is 41.0 Å². The van der Waals surface area contributed by atoms with E-state index in [1.54, 1.807) is 28.8 Å². The largest absolute Gasteiger partial charge is 0.462 e. The number of nitrogens with zero attached hydrogens (tertiary/aromatic N) is 3. The minimum Gasteiger partial charge on any atom is -0.462 e. The van der Waals surface area contributed by atoms with Gasteiger partial charge in [-0.25, -0.2) is 8.42 Å². The highest BCUT2D eigenvalue weighted by Crippen LogP contribution is 2.23. The van der Waals surface area contributed by atoms with Gasteiger partial charge in [0.05, 0.1) is 10.6 Å². The van der Waals surface area contributed by atoms with E-state index in [4.69, 9.17) is 4.74 Å². The maximum absolute atomic E-state index is 12.7. The van der Waals surface area contributed by atoms with Crippen molar-refractivity contribution in [2.24, 2.45) is 0 Å². The van der Waals surface area contributed by atoms with E-state index in [0.717, 1.165) is 31.2 Å². The van der Waals surface area contributed by atoms with Crippen molar-refractivity contribution >= 4 is 27.6 Å². The summed E-state index contributed by atoms with van der Waals surface area (Å²) >= 11 is 1.23. The SMILES string of the molecule is CCn1c(CS(=O)(=O)c2ccc(C)cc2)nnc1SCC(=O)OC1CCCCC1. The van der Waals surface area contributed by atoms with Crippen molar-refractivity contribution in [1.29, 1.82) is 0 Å². The fraction of sp³-hybridized carbons (Fsp3) is 0.550. The quantitative estimate of drug-likeness (QED) is 0.461. The number of rotatable bonds is 8. The van der Waals surface area contributed by atoms with Crippen molar-refractivity contribution in [3.63, 3.8) is 0 Å². The van der Waals surface area contributed by atoms with Crippen LogP contribution >= 0.6 is 11.8 Å². The number of benzene rings is 1. The van der Waals surface area contributed by atoms with Gasteiger partial charge in [0.1, 0.15) is 17.7 Å². The van der Waals surface area contributed by atoms with Gasteiger partial charge in [0.25, 0.3) is 0 Å². The molecule has 0 amide bonds. The van der Waals surface area contributed by atoms with Crippen LogP contribution < -0.4 is 0 Å². The van der Waals surface area contributed by atoms with Gasteiger partial charge >= 0.3 is 5.97 Å². The molecule has 1 aromatic carbocycles. The summed E-state index contributed by atoms with van der Waals surface area (Å²) in [6.07, 6.45) is 5.31. The highest BCUT2D eigenvalue weighted by molar-refractivity contribution is 7.99. The van der Waals surface area contributed by atoms with Crippen molar-refractivity contribution in [1.82, 2.24) is 14.8 Å². The number of aromatic nitrogens is 3. The lowest BCUT2D eigenvalue weighted by Gasteiger charge is -2.21. The fourth-order valence-corrected chi connectivity index (χ4v) is 5.45. The molecule has 7 nitrogen and oxygen atoms in total. The molecular weight excluding hydrogens is 410 g/mol. The summed E-state index contributed by atoms with van der Waals surface area (Å²) in [5, 5.41) is 8.70. The standard InChI is InChI=1S/C20H27N3O4S2/c1-3-23-18(14-29(25,26)17-11-9-15(2)10-12-17)21-22-20(23)28-13-19(24)27-16-7-5-4-6-8-16/h9-12,16H,3-8,13-14H2,1-2H3. The molecule has 0 N–H and O–H groups in total. The third kappa shape index (κ3) is 5.82. The summed E-state index contributed by atoms with van der Waals surface area (Å²) in [6.45, 7) is 4.33. The molecule has 0 bridgehead atoms. The Balaban J connectivity index is 1.63. The molecule has 3 rings (SSSR count). The molecular formula is C20H27N3O4S2. The first-order valence-corrected chi connectivity index (χ1v) is 12.6. The first-order chi connectivity index (χ1) is 13.9. The normalized spacial score (nSPS) is 15.4. The molecule has 0 saturated heterocycles. The smallest absolute Gasteiger partial charge is 0.316 e. The van der Waals surface area contributed by atoms with Gasteiger partial charge in [-0.15, -0.1) is 10.2 Å². The molecule has 1 saturated carbocycles. The Morgan fingerprint density at radius 2 is 1.86 bits per heavy atom. The van der Waals surface area contributed by atoms with Gasteiger partial charge in [-0.05, 0) is 51.7 Å². The van der Waals surface area contributed by atoms with Crippen molar-refractivity contribution in [3.8, 4) is 0 Å². The molecule has 0 spiro atoms. The van der Waals surface area contributed by atoms with E-state index < -0.39 is 9.84 Å². The van der Waals surface area contributed by atoms with Gasteiger partial charge in [0.2, 0.25) is 0 Å². The number of carbonyl (C=O) groups excluding carboxylic acids is 1. The predicted molar refractivity (Wildman–Crippen MR) is 111 cm³/mol. The monoisotopic (exact) mass is 437 g/mol. The minimum absolute atomic E-state index is 0.0242. The van der Waals surface area contributed by atoms with Gasteiger partial charge in [-0.2, -0.15) is 0 Å². The van der Waals surface area contributed by atoms with E-state index in [1.807, 2.05) is 13.8 Å². The van der Waals surface area contributed by atoms with Gasteiger partial charge in [0.15, 0.2) is 15.0 Å². The zero-order valence-electron chi connectivity index (χ0n) is 16.8. The number of sulfone groups is 1. The van der Waals surface area contributed by atoms with E-state index in [-0.39, 0.29) is 28.5 Å². The number of hydrogen-bond donors (Lipinski definition) is 0.